The van der Waals surface area contributed by atoms with Crippen LogP contribution in [0.15, 0.2) is 48.5 Å². The van der Waals surface area contributed by atoms with Gasteiger partial charge in [-0.1, -0.05) is 52.0 Å². The lowest BCUT2D eigenvalue weighted by molar-refractivity contribution is 0.176. The van der Waals surface area contributed by atoms with Gasteiger partial charge in [0.15, 0.2) is 0 Å². The van der Waals surface area contributed by atoms with Crippen LogP contribution in [-0.4, -0.2) is 10.2 Å². The second-order valence-corrected chi connectivity index (χ2v) is 6.67. The zero-order valence-corrected chi connectivity index (χ0v) is 15.3. The Morgan fingerprint density at radius 3 is 1.00 bits per heavy atom. The maximum atomic E-state index is 9.70. The Morgan fingerprint density at radius 2 is 0.792 bits per heavy atom. The predicted molar refractivity (Wildman–Crippen MR) is 101 cm³/mol. The highest BCUT2D eigenvalue weighted by molar-refractivity contribution is 5.42. The number of phenolic OH excluding ortho intramolecular Hbond substituents is 2. The van der Waals surface area contributed by atoms with Crippen molar-refractivity contribution in [2.24, 2.45) is 0 Å². The van der Waals surface area contributed by atoms with Crippen molar-refractivity contribution < 1.29 is 10.2 Å². The molecule has 0 radical (unpaired) electrons. The van der Waals surface area contributed by atoms with E-state index < -0.39 is 0 Å². The molecule has 0 unspecified atom stereocenters. The van der Waals surface area contributed by atoms with Crippen LogP contribution < -0.4 is 0 Å². The molecule has 2 nitrogen and oxygen atoms in total. The summed E-state index contributed by atoms with van der Waals surface area (Å²) < 4.78 is 0. The van der Waals surface area contributed by atoms with Crippen molar-refractivity contribution in [3.8, 4) is 11.5 Å². The Hall–Kier alpha value is -1.96. The van der Waals surface area contributed by atoms with Gasteiger partial charge >= 0.3 is 0 Å². The van der Waals surface area contributed by atoms with Crippen LogP contribution in [0.25, 0.3) is 0 Å². The minimum absolute atomic E-state index is 0.0127. The van der Waals surface area contributed by atoms with E-state index in [0.29, 0.717) is 11.5 Å². The van der Waals surface area contributed by atoms with Crippen LogP contribution in [0.3, 0.4) is 0 Å². The molecule has 0 aromatic heterocycles. The van der Waals surface area contributed by atoms with E-state index in [1.54, 1.807) is 24.3 Å². The number of rotatable bonds is 7. The molecule has 0 spiro atoms. The van der Waals surface area contributed by atoms with Gasteiger partial charge in [-0.2, -0.15) is 0 Å². The number of hydrogen-bond donors (Lipinski definition) is 2. The van der Waals surface area contributed by atoms with Gasteiger partial charge in [-0.25, -0.2) is 0 Å². The third-order valence-corrected chi connectivity index (χ3v) is 6.17. The smallest absolute Gasteiger partial charge is 0.115 e. The largest absolute Gasteiger partial charge is 0.508 e. The van der Waals surface area contributed by atoms with E-state index in [4.69, 9.17) is 0 Å². The van der Waals surface area contributed by atoms with Gasteiger partial charge in [-0.05, 0) is 61.1 Å². The Morgan fingerprint density at radius 1 is 0.542 bits per heavy atom. The summed E-state index contributed by atoms with van der Waals surface area (Å²) in [6.45, 7) is 9.04. The first kappa shape index (κ1) is 18.4. The lowest BCUT2D eigenvalue weighted by atomic mass is 9.52. The Balaban J connectivity index is 2.71. The topological polar surface area (TPSA) is 40.5 Å². The molecule has 0 atom stereocenters. The van der Waals surface area contributed by atoms with Crippen molar-refractivity contribution in [3.63, 3.8) is 0 Å². The highest BCUT2D eigenvalue weighted by Crippen LogP contribution is 2.53. The van der Waals surface area contributed by atoms with Crippen LogP contribution in [0.5, 0.6) is 11.5 Å². The highest BCUT2D eigenvalue weighted by Gasteiger charge is 2.48. The fraction of sp³-hybridized carbons (Fsp3) is 0.455. The van der Waals surface area contributed by atoms with E-state index in [9.17, 15) is 10.2 Å². The highest BCUT2D eigenvalue weighted by atomic mass is 16.3. The lowest BCUT2D eigenvalue weighted by Gasteiger charge is -2.51. The fourth-order valence-corrected chi connectivity index (χ4v) is 4.78. The summed E-state index contributed by atoms with van der Waals surface area (Å²) in [5.41, 5.74) is 2.53. The minimum Gasteiger partial charge on any atom is -0.508 e. The van der Waals surface area contributed by atoms with E-state index in [0.717, 1.165) is 25.7 Å². The first-order valence-electron chi connectivity index (χ1n) is 9.08. The molecule has 0 saturated carbocycles. The lowest BCUT2D eigenvalue weighted by Crippen LogP contribution is -2.48. The molecule has 2 heteroatoms. The molecule has 0 saturated heterocycles. The molecule has 130 valence electrons. The van der Waals surface area contributed by atoms with E-state index in [-0.39, 0.29) is 10.8 Å². The molecule has 2 aromatic carbocycles. The molecular formula is C22H30O2. The average Bonchev–Trinajstić information content (AvgIpc) is 2.62. The summed E-state index contributed by atoms with van der Waals surface area (Å²) in [4.78, 5) is 0. The SMILES string of the molecule is CCC(CC)(c1ccc(O)cc1)C(CC)(CC)c1ccc(O)cc1. The Bertz CT molecular complexity index is 573. The summed E-state index contributed by atoms with van der Waals surface area (Å²) in [5.74, 6) is 0.617. The van der Waals surface area contributed by atoms with Crippen LogP contribution in [0.4, 0.5) is 0 Å². The normalized spacial score (nSPS) is 12.3. The quantitative estimate of drug-likeness (QED) is 0.663. The van der Waals surface area contributed by atoms with E-state index in [1.807, 2.05) is 0 Å². The third kappa shape index (κ3) is 2.79. The number of phenols is 2. The summed E-state index contributed by atoms with van der Waals surface area (Å²) >= 11 is 0. The molecule has 2 N–H and O–H groups in total. The van der Waals surface area contributed by atoms with Crippen LogP contribution >= 0.6 is 0 Å². The van der Waals surface area contributed by atoms with Gasteiger partial charge in [0.1, 0.15) is 11.5 Å². The van der Waals surface area contributed by atoms with Gasteiger partial charge in [0.25, 0.3) is 0 Å². The minimum atomic E-state index is -0.0127. The van der Waals surface area contributed by atoms with E-state index >= 15 is 0 Å². The third-order valence-electron chi connectivity index (χ3n) is 6.17. The summed E-state index contributed by atoms with van der Waals surface area (Å²) in [6.07, 6.45) is 4.10. The zero-order valence-electron chi connectivity index (χ0n) is 15.3. The molecule has 0 aliphatic rings. The monoisotopic (exact) mass is 326 g/mol. The van der Waals surface area contributed by atoms with Gasteiger partial charge < -0.3 is 10.2 Å². The van der Waals surface area contributed by atoms with Crippen LogP contribution in [0.2, 0.25) is 0 Å². The molecule has 0 bridgehead atoms. The van der Waals surface area contributed by atoms with Crippen molar-refractivity contribution in [1.82, 2.24) is 0 Å². The average molecular weight is 326 g/mol. The second-order valence-electron chi connectivity index (χ2n) is 6.67. The van der Waals surface area contributed by atoms with Gasteiger partial charge in [-0.3, -0.25) is 0 Å². The summed E-state index contributed by atoms with van der Waals surface area (Å²) in [6, 6.07) is 15.5. The second kappa shape index (κ2) is 7.29. The Kier molecular flexibility index (Phi) is 5.58. The standard InChI is InChI=1S/C22H30O2/c1-5-21(6-2,17-9-13-19(23)14-10-17)22(7-3,8-4)18-11-15-20(24)16-12-18/h9-16,23-24H,5-8H2,1-4H3. The molecule has 2 rings (SSSR count). The summed E-state index contributed by atoms with van der Waals surface area (Å²) in [7, 11) is 0. The number of benzene rings is 2. The van der Waals surface area contributed by atoms with Crippen molar-refractivity contribution >= 4 is 0 Å². The molecule has 24 heavy (non-hydrogen) atoms. The summed E-state index contributed by atoms with van der Waals surface area (Å²) in [5, 5.41) is 19.4. The number of aromatic hydroxyl groups is 2. The van der Waals surface area contributed by atoms with Crippen LogP contribution in [0.1, 0.15) is 64.5 Å². The first-order valence-corrected chi connectivity index (χ1v) is 9.08. The van der Waals surface area contributed by atoms with Crippen molar-refractivity contribution in [3.05, 3.63) is 59.7 Å². The molecular weight excluding hydrogens is 296 g/mol. The Labute approximate surface area is 146 Å². The van der Waals surface area contributed by atoms with Crippen LogP contribution in [-0.2, 0) is 10.8 Å². The van der Waals surface area contributed by atoms with Crippen molar-refractivity contribution in [2.45, 2.75) is 64.2 Å². The maximum absolute atomic E-state index is 9.70. The maximum Gasteiger partial charge on any atom is 0.115 e. The number of hydrogen-bond acceptors (Lipinski definition) is 2. The predicted octanol–water partition coefficient (Wildman–Crippen LogP) is 5.91. The molecule has 2 aromatic rings. The fourth-order valence-electron chi connectivity index (χ4n) is 4.78. The molecule has 0 amide bonds. The van der Waals surface area contributed by atoms with E-state index in [1.165, 1.54) is 11.1 Å². The zero-order chi connectivity index (χ0) is 17.8. The molecule has 0 heterocycles. The van der Waals surface area contributed by atoms with Crippen LogP contribution in [0, 0.1) is 0 Å². The van der Waals surface area contributed by atoms with Crippen molar-refractivity contribution in [2.75, 3.05) is 0 Å². The van der Waals surface area contributed by atoms with Gasteiger partial charge in [0.2, 0.25) is 0 Å². The molecule has 0 aliphatic heterocycles. The first-order chi connectivity index (χ1) is 11.5. The van der Waals surface area contributed by atoms with Gasteiger partial charge in [0.05, 0.1) is 0 Å². The van der Waals surface area contributed by atoms with Crippen molar-refractivity contribution in [1.29, 1.82) is 0 Å². The molecule has 0 fully saturated rings. The molecule has 0 aliphatic carbocycles. The van der Waals surface area contributed by atoms with Gasteiger partial charge in [-0.15, -0.1) is 0 Å². The van der Waals surface area contributed by atoms with Gasteiger partial charge in [0, 0.05) is 10.8 Å². The van der Waals surface area contributed by atoms with E-state index in [2.05, 4.69) is 52.0 Å².